The number of nitrogens with zero attached hydrogens (tertiary/aromatic N) is 11. The molecule has 0 bridgehead atoms. The number of rotatable bonds is 11. The Morgan fingerprint density at radius 1 is 0.735 bits per heavy atom. The molecule has 19 nitrogen and oxygen atoms in total. The Morgan fingerprint density at radius 2 is 1.24 bits per heavy atom. The third-order valence-corrected chi connectivity index (χ3v) is 11.4. The van der Waals surface area contributed by atoms with Crippen LogP contribution in [0.25, 0.3) is 44.6 Å². The molecular weight excluding hydrogens is 942 g/mol. The number of hydrogen-bond donors (Lipinski definition) is 3. The van der Waals surface area contributed by atoms with Crippen LogP contribution in [0.1, 0.15) is 43.3 Å². The molecule has 0 saturated carbocycles. The highest BCUT2D eigenvalue weighted by Gasteiger charge is 2.25. The van der Waals surface area contributed by atoms with Gasteiger partial charge in [0.1, 0.15) is 71.7 Å². The Labute approximate surface area is 398 Å². The SMILES string of the molecule is CN(C)CC(=O)O.Nc1ncnc2c1c(-c1ccc(Br)cc1)nn2C1CCOCC1.Nc1ncnc2c1c(-c1ccc(Oc3cc(F)cc(OCc4cncnc4)c3)cc1)nn2C1CCOCC1. The van der Waals surface area contributed by atoms with E-state index in [0.29, 0.717) is 58.8 Å². The van der Waals surface area contributed by atoms with E-state index in [-0.39, 0.29) is 25.2 Å². The molecule has 352 valence electrons. The summed E-state index contributed by atoms with van der Waals surface area (Å²) < 4.78 is 41.8. The predicted octanol–water partition coefficient (Wildman–Crippen LogP) is 7.55. The Bertz CT molecular complexity index is 2950. The largest absolute Gasteiger partial charge is 0.489 e. The summed E-state index contributed by atoms with van der Waals surface area (Å²) in [4.78, 5) is 36.5. The average Bonchev–Trinajstić information content (AvgIpc) is 3.94. The Morgan fingerprint density at radius 3 is 1.72 bits per heavy atom. The van der Waals surface area contributed by atoms with E-state index in [0.717, 1.165) is 76.8 Å². The van der Waals surface area contributed by atoms with Crippen LogP contribution in [0.3, 0.4) is 0 Å². The van der Waals surface area contributed by atoms with Gasteiger partial charge in [0.2, 0.25) is 0 Å². The molecule has 3 aromatic carbocycles. The molecule has 5 N–H and O–H groups in total. The van der Waals surface area contributed by atoms with E-state index < -0.39 is 11.8 Å². The molecule has 0 radical (unpaired) electrons. The van der Waals surface area contributed by atoms with Gasteiger partial charge in [-0.2, -0.15) is 10.2 Å². The molecule has 2 fully saturated rings. The zero-order valence-electron chi connectivity index (χ0n) is 37.3. The molecule has 68 heavy (non-hydrogen) atoms. The molecule has 0 amide bonds. The number of fused-ring (bicyclic) bond motifs is 2. The third-order valence-electron chi connectivity index (χ3n) is 10.9. The lowest BCUT2D eigenvalue weighted by Gasteiger charge is -2.22. The summed E-state index contributed by atoms with van der Waals surface area (Å²) in [5, 5.41) is 19.3. The summed E-state index contributed by atoms with van der Waals surface area (Å²) in [6.45, 7) is 3.18. The lowest BCUT2D eigenvalue weighted by atomic mass is 10.1. The molecule has 5 aromatic heterocycles. The standard InChI is InChI=1S/C27H24FN7O3.C16H16BrN5O.C4H9NO2/c28-19-9-22(37-14-17-12-30-15-31-13-17)11-23(10-19)38-21-3-1-18(2-4-21)25-24-26(29)32-16-33-27(24)35(34-25)20-5-7-36-8-6-20;17-11-3-1-10(2-4-11)14-13-15(18)19-9-20-16(13)22(21-14)12-5-7-23-8-6-12;1-5(2)3-4(6)7/h1-4,9-13,15-16,20H,5-8,14H2,(H2,29,32,33);1-4,9,12H,5-8H2,(H2,18,19,20);3H2,1-2H3,(H,6,7). The second kappa shape index (κ2) is 22.1. The van der Waals surface area contributed by atoms with Crippen LogP contribution in [0.5, 0.6) is 17.2 Å². The van der Waals surface area contributed by atoms with Gasteiger partial charge in [0.15, 0.2) is 11.3 Å². The number of aliphatic carboxylic acids is 1. The number of carboxylic acids is 1. The fourth-order valence-corrected chi connectivity index (χ4v) is 7.97. The van der Waals surface area contributed by atoms with Crippen molar-refractivity contribution in [3.63, 3.8) is 0 Å². The van der Waals surface area contributed by atoms with Crippen LogP contribution in [-0.4, -0.2) is 113 Å². The Balaban J connectivity index is 0.000000176. The predicted molar refractivity (Wildman–Crippen MR) is 255 cm³/mol. The zero-order chi connectivity index (χ0) is 47.6. The fraction of sp³-hybridized carbons (Fsp3) is 0.298. The van der Waals surface area contributed by atoms with Crippen LogP contribution >= 0.6 is 15.9 Å². The normalized spacial score (nSPS) is 14.2. The van der Waals surface area contributed by atoms with E-state index in [1.54, 1.807) is 49.6 Å². The number of ether oxygens (including phenoxy) is 4. The molecule has 0 unspecified atom stereocenters. The number of carboxylic acid groups (broad SMARTS) is 1. The first-order valence-corrected chi connectivity index (χ1v) is 22.5. The van der Waals surface area contributed by atoms with E-state index >= 15 is 0 Å². The lowest BCUT2D eigenvalue weighted by Crippen LogP contribution is -2.20. The topological polar surface area (TPSA) is 242 Å². The molecule has 2 aliphatic heterocycles. The maximum absolute atomic E-state index is 14.3. The van der Waals surface area contributed by atoms with Crippen molar-refractivity contribution in [3.05, 3.63) is 114 Å². The number of hydrogen-bond acceptors (Lipinski definition) is 16. The van der Waals surface area contributed by atoms with Gasteiger partial charge >= 0.3 is 5.97 Å². The number of aromatic nitrogens is 10. The molecule has 2 saturated heterocycles. The molecule has 21 heteroatoms. The highest BCUT2D eigenvalue weighted by Crippen LogP contribution is 2.37. The number of nitrogens with two attached hydrogens (primary N) is 2. The maximum Gasteiger partial charge on any atom is 0.317 e. The van der Waals surface area contributed by atoms with Gasteiger partial charge in [-0.05, 0) is 76.2 Å². The quantitative estimate of drug-likeness (QED) is 0.113. The minimum atomic E-state index is -0.787. The van der Waals surface area contributed by atoms with Crippen LogP contribution in [0.2, 0.25) is 0 Å². The van der Waals surface area contributed by atoms with Gasteiger partial charge < -0.3 is 35.5 Å². The van der Waals surface area contributed by atoms with Crippen molar-refractivity contribution in [2.24, 2.45) is 0 Å². The Kier molecular flexibility index (Phi) is 15.3. The second-order valence-corrected chi connectivity index (χ2v) is 17.0. The summed E-state index contributed by atoms with van der Waals surface area (Å²) in [6.07, 6.45) is 11.2. The van der Waals surface area contributed by atoms with Crippen molar-refractivity contribution in [1.82, 2.24) is 54.4 Å². The highest BCUT2D eigenvalue weighted by atomic mass is 79.9. The summed E-state index contributed by atoms with van der Waals surface area (Å²) in [5.74, 6) is 0.748. The van der Waals surface area contributed by atoms with Gasteiger partial charge in [-0.3, -0.25) is 9.69 Å². The molecule has 0 atom stereocenters. The number of likely N-dealkylation sites (N-methyl/N-ethyl adjacent to an activating group) is 1. The van der Waals surface area contributed by atoms with Gasteiger partial charge in [0.05, 0.1) is 29.4 Å². The van der Waals surface area contributed by atoms with Crippen LogP contribution in [0, 0.1) is 5.82 Å². The smallest absolute Gasteiger partial charge is 0.317 e. The van der Waals surface area contributed by atoms with Gasteiger partial charge in [-0.25, -0.2) is 43.7 Å². The first-order chi connectivity index (χ1) is 33.0. The van der Waals surface area contributed by atoms with E-state index in [1.165, 1.54) is 31.1 Å². The number of nitrogen functional groups attached to an aromatic ring is 2. The molecule has 7 heterocycles. The monoisotopic (exact) mass is 989 g/mol. The van der Waals surface area contributed by atoms with E-state index in [1.807, 2.05) is 45.8 Å². The van der Waals surface area contributed by atoms with Crippen molar-refractivity contribution in [1.29, 1.82) is 0 Å². The minimum Gasteiger partial charge on any atom is -0.489 e. The van der Waals surface area contributed by atoms with Crippen molar-refractivity contribution in [2.45, 2.75) is 44.4 Å². The van der Waals surface area contributed by atoms with Gasteiger partial charge in [0.25, 0.3) is 0 Å². The molecule has 10 rings (SSSR count). The number of halogens is 2. The number of carbonyl (C=O) groups is 1. The first-order valence-electron chi connectivity index (χ1n) is 21.7. The van der Waals surface area contributed by atoms with Crippen LogP contribution < -0.4 is 20.9 Å². The maximum atomic E-state index is 14.3. The van der Waals surface area contributed by atoms with Crippen molar-refractivity contribution < 1.29 is 33.2 Å². The van der Waals surface area contributed by atoms with Crippen LogP contribution in [-0.2, 0) is 20.9 Å². The molecule has 8 aromatic rings. The van der Waals surface area contributed by atoms with E-state index in [2.05, 4.69) is 45.8 Å². The van der Waals surface area contributed by atoms with E-state index in [4.69, 9.17) is 45.7 Å². The number of anilines is 2. The van der Waals surface area contributed by atoms with Crippen LogP contribution in [0.15, 0.2) is 103 Å². The molecular formula is C47H49BrFN13O6. The lowest BCUT2D eigenvalue weighted by molar-refractivity contribution is -0.137. The fourth-order valence-electron chi connectivity index (χ4n) is 7.71. The highest BCUT2D eigenvalue weighted by molar-refractivity contribution is 9.10. The van der Waals surface area contributed by atoms with Gasteiger partial charge in [-0.15, -0.1) is 0 Å². The number of benzene rings is 3. The first kappa shape index (κ1) is 47.3. The molecule has 0 aliphatic carbocycles. The van der Waals surface area contributed by atoms with Gasteiger partial charge in [-0.1, -0.05) is 28.1 Å². The van der Waals surface area contributed by atoms with Crippen molar-refractivity contribution in [3.8, 4) is 39.8 Å². The average molecular weight is 991 g/mol. The molecule has 2 aliphatic rings. The van der Waals surface area contributed by atoms with Crippen molar-refractivity contribution >= 4 is 55.6 Å². The summed E-state index contributed by atoms with van der Waals surface area (Å²) in [5.41, 5.74) is 18.0. The third kappa shape index (κ3) is 11.7. The minimum absolute atomic E-state index is 0.111. The zero-order valence-corrected chi connectivity index (χ0v) is 38.9. The summed E-state index contributed by atoms with van der Waals surface area (Å²) in [7, 11) is 3.43. The molecule has 0 spiro atoms. The Hall–Kier alpha value is -7.20. The summed E-state index contributed by atoms with van der Waals surface area (Å²) in [6, 6.07) is 20.1. The van der Waals surface area contributed by atoms with Crippen molar-refractivity contribution in [2.75, 3.05) is 58.5 Å². The van der Waals surface area contributed by atoms with Crippen LogP contribution in [0.4, 0.5) is 16.0 Å². The second-order valence-electron chi connectivity index (χ2n) is 16.1. The summed E-state index contributed by atoms with van der Waals surface area (Å²) >= 11 is 3.46. The van der Waals surface area contributed by atoms with Gasteiger partial charge in [0, 0.05) is 78.2 Å². The van der Waals surface area contributed by atoms with E-state index in [9.17, 15) is 9.18 Å².